The lowest BCUT2D eigenvalue weighted by molar-refractivity contribution is 0.129. The highest BCUT2D eigenvalue weighted by Gasteiger charge is 2.15. The number of ether oxygens (including phenoxy) is 1. The fourth-order valence-corrected chi connectivity index (χ4v) is 3.38. The molecular formula is C13H18ClNOS. The van der Waals surface area contributed by atoms with Crippen molar-refractivity contribution in [3.63, 3.8) is 0 Å². The largest absolute Gasteiger partial charge is 0.377 e. The summed E-state index contributed by atoms with van der Waals surface area (Å²) < 4.78 is 5.59. The van der Waals surface area contributed by atoms with Crippen molar-refractivity contribution in [2.75, 3.05) is 12.4 Å². The van der Waals surface area contributed by atoms with Gasteiger partial charge in [0.1, 0.15) is 0 Å². The van der Waals surface area contributed by atoms with Crippen LogP contribution < -0.4 is 5.73 Å². The number of thioether (sulfide) groups is 1. The molecule has 94 valence electrons. The molecule has 0 amide bonds. The summed E-state index contributed by atoms with van der Waals surface area (Å²) in [6.07, 6.45) is 2.85. The minimum atomic E-state index is 0.446. The van der Waals surface area contributed by atoms with Crippen molar-refractivity contribution in [3.8, 4) is 0 Å². The van der Waals surface area contributed by atoms with Gasteiger partial charge in [-0.1, -0.05) is 23.7 Å². The Balaban J connectivity index is 1.81. The summed E-state index contributed by atoms with van der Waals surface area (Å²) >= 11 is 8.09. The zero-order valence-electron chi connectivity index (χ0n) is 9.82. The van der Waals surface area contributed by atoms with E-state index in [4.69, 9.17) is 22.1 Å². The fraction of sp³-hybridized carbons (Fsp3) is 0.538. The summed E-state index contributed by atoms with van der Waals surface area (Å²) in [5.41, 5.74) is 7.84. The van der Waals surface area contributed by atoms with Crippen LogP contribution in [0.2, 0.25) is 5.02 Å². The highest BCUT2D eigenvalue weighted by molar-refractivity contribution is 7.98. The molecule has 4 heteroatoms. The fourth-order valence-electron chi connectivity index (χ4n) is 1.91. The van der Waals surface area contributed by atoms with Gasteiger partial charge in [-0.3, -0.25) is 0 Å². The molecule has 0 bridgehead atoms. The third-order valence-electron chi connectivity index (χ3n) is 2.94. The summed E-state index contributed by atoms with van der Waals surface area (Å²) in [5, 5.41) is 0.827. The number of hydrogen-bond acceptors (Lipinski definition) is 3. The predicted octanol–water partition coefficient (Wildman–Crippen LogP) is 3.21. The molecule has 1 saturated heterocycles. The number of nitrogens with two attached hydrogens (primary N) is 1. The molecule has 17 heavy (non-hydrogen) atoms. The quantitative estimate of drug-likeness (QED) is 0.893. The molecule has 1 fully saturated rings. The van der Waals surface area contributed by atoms with Crippen LogP contribution in [0.15, 0.2) is 18.2 Å². The second-order valence-corrected chi connectivity index (χ2v) is 5.72. The van der Waals surface area contributed by atoms with Crippen LogP contribution in [0.5, 0.6) is 0 Å². The first-order valence-corrected chi connectivity index (χ1v) is 7.49. The Morgan fingerprint density at radius 1 is 1.47 bits per heavy atom. The number of rotatable bonds is 5. The molecule has 0 aliphatic carbocycles. The van der Waals surface area contributed by atoms with Gasteiger partial charge in [-0.05, 0) is 30.0 Å². The van der Waals surface area contributed by atoms with Crippen molar-refractivity contribution < 1.29 is 4.74 Å². The van der Waals surface area contributed by atoms with E-state index >= 15 is 0 Å². The van der Waals surface area contributed by atoms with E-state index < -0.39 is 0 Å². The maximum atomic E-state index is 6.20. The molecule has 2 nitrogen and oxygen atoms in total. The zero-order chi connectivity index (χ0) is 12.1. The Labute approximate surface area is 112 Å². The smallest absolute Gasteiger partial charge is 0.0666 e. The lowest BCUT2D eigenvalue weighted by Gasteiger charge is -2.10. The first-order chi connectivity index (χ1) is 8.29. The molecule has 0 aromatic heterocycles. The number of benzene rings is 1. The molecule has 1 aliphatic heterocycles. The molecule has 2 rings (SSSR count). The van der Waals surface area contributed by atoms with Gasteiger partial charge in [0.15, 0.2) is 0 Å². The van der Waals surface area contributed by atoms with Gasteiger partial charge in [-0.2, -0.15) is 11.8 Å². The summed E-state index contributed by atoms with van der Waals surface area (Å²) in [5.74, 6) is 2.01. The van der Waals surface area contributed by atoms with Gasteiger partial charge >= 0.3 is 0 Å². The van der Waals surface area contributed by atoms with Crippen molar-refractivity contribution in [2.45, 2.75) is 31.2 Å². The second kappa shape index (κ2) is 6.64. The van der Waals surface area contributed by atoms with Crippen LogP contribution >= 0.6 is 23.4 Å². The minimum Gasteiger partial charge on any atom is -0.377 e. The van der Waals surface area contributed by atoms with Gasteiger partial charge in [-0.25, -0.2) is 0 Å². The van der Waals surface area contributed by atoms with E-state index in [0.717, 1.165) is 28.7 Å². The third-order valence-corrected chi connectivity index (χ3v) is 4.41. The number of halogens is 1. The molecule has 0 spiro atoms. The van der Waals surface area contributed by atoms with Crippen molar-refractivity contribution in [1.29, 1.82) is 0 Å². The van der Waals surface area contributed by atoms with Crippen LogP contribution in [-0.2, 0) is 17.0 Å². The Kier molecular flexibility index (Phi) is 5.16. The minimum absolute atomic E-state index is 0.446. The summed E-state index contributed by atoms with van der Waals surface area (Å²) in [4.78, 5) is 0. The Morgan fingerprint density at radius 3 is 3.00 bits per heavy atom. The first-order valence-electron chi connectivity index (χ1n) is 5.96. The van der Waals surface area contributed by atoms with Crippen LogP contribution in [0.1, 0.15) is 24.0 Å². The average Bonchev–Trinajstić information content (AvgIpc) is 2.84. The molecule has 0 radical (unpaired) electrons. The molecule has 1 heterocycles. The van der Waals surface area contributed by atoms with Crippen molar-refractivity contribution in [1.82, 2.24) is 0 Å². The molecule has 0 saturated carbocycles. The lowest BCUT2D eigenvalue weighted by Crippen LogP contribution is -2.08. The van der Waals surface area contributed by atoms with Crippen LogP contribution in [0.25, 0.3) is 0 Å². The zero-order valence-corrected chi connectivity index (χ0v) is 11.4. The van der Waals surface area contributed by atoms with Gasteiger partial charge in [0.05, 0.1) is 6.10 Å². The van der Waals surface area contributed by atoms with Gasteiger partial charge < -0.3 is 10.5 Å². The summed E-state index contributed by atoms with van der Waals surface area (Å²) in [6.45, 7) is 1.47. The van der Waals surface area contributed by atoms with Crippen molar-refractivity contribution in [3.05, 3.63) is 34.3 Å². The van der Waals surface area contributed by atoms with Gasteiger partial charge in [0.25, 0.3) is 0 Å². The second-order valence-electron chi connectivity index (χ2n) is 4.28. The normalized spacial score (nSPS) is 19.8. The van der Waals surface area contributed by atoms with E-state index in [1.165, 1.54) is 18.4 Å². The van der Waals surface area contributed by atoms with Gasteiger partial charge in [0, 0.05) is 29.7 Å². The Hall–Kier alpha value is -0.220. The average molecular weight is 272 g/mol. The molecule has 2 N–H and O–H groups in total. The van der Waals surface area contributed by atoms with E-state index in [2.05, 4.69) is 6.07 Å². The van der Waals surface area contributed by atoms with Crippen LogP contribution in [0.3, 0.4) is 0 Å². The predicted molar refractivity (Wildman–Crippen MR) is 74.5 cm³/mol. The van der Waals surface area contributed by atoms with E-state index in [1.807, 2.05) is 23.9 Å². The van der Waals surface area contributed by atoms with Gasteiger partial charge in [0.2, 0.25) is 0 Å². The molecule has 1 aromatic carbocycles. The maximum absolute atomic E-state index is 6.20. The van der Waals surface area contributed by atoms with Crippen LogP contribution in [0, 0.1) is 0 Å². The summed E-state index contributed by atoms with van der Waals surface area (Å²) in [7, 11) is 0. The highest BCUT2D eigenvalue weighted by Crippen LogP contribution is 2.25. The molecule has 1 aliphatic rings. The maximum Gasteiger partial charge on any atom is 0.0666 e. The summed E-state index contributed by atoms with van der Waals surface area (Å²) in [6, 6.07) is 6.09. The van der Waals surface area contributed by atoms with Crippen LogP contribution in [0.4, 0.5) is 0 Å². The molecule has 1 aromatic rings. The molecular weight excluding hydrogens is 254 g/mol. The van der Waals surface area contributed by atoms with E-state index in [9.17, 15) is 0 Å². The topological polar surface area (TPSA) is 35.2 Å². The van der Waals surface area contributed by atoms with Crippen molar-refractivity contribution >= 4 is 23.4 Å². The Morgan fingerprint density at radius 2 is 2.35 bits per heavy atom. The van der Waals surface area contributed by atoms with E-state index in [0.29, 0.717) is 12.6 Å². The van der Waals surface area contributed by atoms with E-state index in [1.54, 1.807) is 0 Å². The first kappa shape index (κ1) is 13.2. The Bertz CT molecular complexity index is 366. The standard InChI is InChI=1S/C13H18ClNOS/c14-13-6-10(7-15)3-4-11(13)8-17-9-12-2-1-5-16-12/h3-4,6,12H,1-2,5,7-9,15H2. The highest BCUT2D eigenvalue weighted by atomic mass is 35.5. The molecule has 1 unspecified atom stereocenters. The van der Waals surface area contributed by atoms with E-state index in [-0.39, 0.29) is 0 Å². The lowest BCUT2D eigenvalue weighted by atomic mass is 10.1. The van der Waals surface area contributed by atoms with Crippen molar-refractivity contribution in [2.24, 2.45) is 5.73 Å². The molecule has 1 atom stereocenters. The third kappa shape index (κ3) is 3.88. The van der Waals surface area contributed by atoms with Crippen LogP contribution in [-0.4, -0.2) is 18.5 Å². The SMILES string of the molecule is NCc1ccc(CSCC2CCCO2)c(Cl)c1. The van der Waals surface area contributed by atoms with Gasteiger partial charge in [-0.15, -0.1) is 0 Å². The monoisotopic (exact) mass is 271 g/mol. The number of hydrogen-bond donors (Lipinski definition) is 1.